The third-order valence-electron chi connectivity index (χ3n) is 4.70. The average molecular weight is 419 g/mol. The molecule has 0 spiro atoms. The molecule has 1 aliphatic rings. The van der Waals surface area contributed by atoms with Gasteiger partial charge in [0, 0.05) is 19.1 Å². The lowest BCUT2D eigenvalue weighted by Gasteiger charge is -2.22. The molecule has 28 heavy (non-hydrogen) atoms. The maximum absolute atomic E-state index is 12.9. The number of carbonyl (C=O) groups is 2. The number of rotatable bonds is 5. The summed E-state index contributed by atoms with van der Waals surface area (Å²) in [6.45, 7) is 4.69. The van der Waals surface area contributed by atoms with Crippen LogP contribution >= 0.6 is 11.6 Å². The van der Waals surface area contributed by atoms with Gasteiger partial charge in [-0.25, -0.2) is 0 Å². The first-order chi connectivity index (χ1) is 13.1. The molecule has 1 aliphatic heterocycles. The predicted molar refractivity (Wildman–Crippen MR) is 99.1 cm³/mol. The first-order valence-electron chi connectivity index (χ1n) is 8.68. The Labute approximate surface area is 166 Å². The lowest BCUT2D eigenvalue weighted by atomic mass is 10.1. The lowest BCUT2D eigenvalue weighted by molar-refractivity contribution is -0.145. The monoisotopic (exact) mass is 418 g/mol. The van der Waals surface area contributed by atoms with Gasteiger partial charge in [0.1, 0.15) is 6.04 Å². The van der Waals surface area contributed by atoms with Gasteiger partial charge >= 0.3 is 12.1 Å². The van der Waals surface area contributed by atoms with Crippen LogP contribution in [0.15, 0.2) is 29.8 Å². The number of nitrogens with one attached hydrogen (secondary N) is 1. The molecule has 9 heteroatoms. The molecule has 2 rings (SSSR count). The number of nitrogens with zero attached hydrogens (tertiary/aromatic N) is 1. The van der Waals surface area contributed by atoms with E-state index in [1.165, 1.54) is 7.11 Å². The molecule has 1 aromatic rings. The number of hydrogen-bond donors (Lipinski definition) is 1. The van der Waals surface area contributed by atoms with E-state index in [-0.39, 0.29) is 10.6 Å². The van der Waals surface area contributed by atoms with Crippen molar-refractivity contribution in [2.75, 3.05) is 20.2 Å². The maximum Gasteiger partial charge on any atom is 0.416 e. The number of methoxy groups -OCH3 is 1. The molecule has 1 saturated heterocycles. The minimum atomic E-state index is -4.58. The average Bonchev–Trinajstić information content (AvgIpc) is 3.02. The van der Waals surface area contributed by atoms with Crippen LogP contribution in [0.4, 0.5) is 13.2 Å². The second-order valence-corrected chi connectivity index (χ2v) is 7.11. The Hall–Kier alpha value is -2.06. The summed E-state index contributed by atoms with van der Waals surface area (Å²) in [6, 6.07) is 1.64. The van der Waals surface area contributed by atoms with Gasteiger partial charge in [0.15, 0.2) is 0 Å². The van der Waals surface area contributed by atoms with Crippen molar-refractivity contribution >= 4 is 23.5 Å². The minimum absolute atomic E-state index is 0.0744. The summed E-state index contributed by atoms with van der Waals surface area (Å²) in [4.78, 5) is 26.5. The number of likely N-dealkylation sites (tertiary alicyclic amines) is 1. The van der Waals surface area contributed by atoms with E-state index in [1.807, 2.05) is 24.8 Å². The van der Waals surface area contributed by atoms with Crippen LogP contribution in [0.1, 0.15) is 36.2 Å². The predicted octanol–water partition coefficient (Wildman–Crippen LogP) is 3.67. The standard InChI is InChI=1S/C19H22ClF3N2O3/c1-4-11(2)9-25-10-13(8-16(25)18(27)28-3)24-17(26)14-7-12(19(21,22)23)5-6-15(14)20/h4-7,13,16H,8-10H2,1-3H3,(H,24,26)/b11-4+/t13-,16+/m1/s1. The second kappa shape index (κ2) is 8.96. The highest BCUT2D eigenvalue weighted by Gasteiger charge is 2.38. The first kappa shape index (κ1) is 22.2. The van der Waals surface area contributed by atoms with Gasteiger partial charge in [0.2, 0.25) is 0 Å². The number of carbonyl (C=O) groups excluding carboxylic acids is 2. The Bertz CT molecular complexity index is 780. The molecule has 0 saturated carbocycles. The molecule has 0 aromatic heterocycles. The Morgan fingerprint density at radius 3 is 2.64 bits per heavy atom. The number of halogens is 4. The van der Waals surface area contributed by atoms with Crippen molar-refractivity contribution in [1.82, 2.24) is 10.2 Å². The Morgan fingerprint density at radius 2 is 2.07 bits per heavy atom. The van der Waals surface area contributed by atoms with E-state index in [2.05, 4.69) is 5.32 Å². The van der Waals surface area contributed by atoms with Gasteiger partial charge in [0.05, 0.1) is 23.3 Å². The van der Waals surface area contributed by atoms with E-state index < -0.39 is 35.7 Å². The molecule has 0 aliphatic carbocycles. The maximum atomic E-state index is 12.9. The van der Waals surface area contributed by atoms with Gasteiger partial charge in [-0.15, -0.1) is 0 Å². The number of allylic oxidation sites excluding steroid dienone is 1. The molecule has 1 heterocycles. The minimum Gasteiger partial charge on any atom is -0.468 e. The Kier molecular flexibility index (Phi) is 7.11. The Morgan fingerprint density at radius 1 is 1.39 bits per heavy atom. The highest BCUT2D eigenvalue weighted by atomic mass is 35.5. The fourth-order valence-corrected chi connectivity index (χ4v) is 3.32. The molecule has 2 atom stereocenters. The molecule has 1 amide bonds. The number of ether oxygens (including phenoxy) is 1. The zero-order valence-electron chi connectivity index (χ0n) is 15.8. The summed E-state index contributed by atoms with van der Waals surface area (Å²) < 4.78 is 43.6. The summed E-state index contributed by atoms with van der Waals surface area (Å²) in [5, 5.41) is 2.61. The molecule has 0 unspecified atom stereocenters. The van der Waals surface area contributed by atoms with Gasteiger partial charge in [-0.05, 0) is 38.5 Å². The highest BCUT2D eigenvalue weighted by Crippen LogP contribution is 2.32. The summed E-state index contributed by atoms with van der Waals surface area (Å²) >= 11 is 5.92. The van der Waals surface area contributed by atoms with E-state index >= 15 is 0 Å². The van der Waals surface area contributed by atoms with E-state index in [1.54, 1.807) is 0 Å². The topological polar surface area (TPSA) is 58.6 Å². The Balaban J connectivity index is 2.17. The van der Waals surface area contributed by atoms with Crippen molar-refractivity contribution in [3.8, 4) is 0 Å². The van der Waals surface area contributed by atoms with Crippen LogP contribution < -0.4 is 5.32 Å². The number of alkyl halides is 3. The molecule has 154 valence electrons. The summed E-state index contributed by atoms with van der Waals surface area (Å²) in [5.41, 5.74) is -0.165. The van der Waals surface area contributed by atoms with E-state index in [0.29, 0.717) is 19.5 Å². The quantitative estimate of drug-likeness (QED) is 0.585. The normalized spacial score (nSPS) is 20.9. The van der Waals surface area contributed by atoms with Crippen molar-refractivity contribution in [2.24, 2.45) is 0 Å². The highest BCUT2D eigenvalue weighted by molar-refractivity contribution is 6.33. The molecule has 0 radical (unpaired) electrons. The van der Waals surface area contributed by atoms with Gasteiger partial charge < -0.3 is 10.1 Å². The third-order valence-corrected chi connectivity index (χ3v) is 5.03. The van der Waals surface area contributed by atoms with Crippen LogP contribution in [-0.2, 0) is 15.7 Å². The zero-order valence-corrected chi connectivity index (χ0v) is 16.5. The van der Waals surface area contributed by atoms with Gasteiger partial charge in [-0.1, -0.05) is 23.3 Å². The number of amides is 1. The van der Waals surface area contributed by atoms with Gasteiger partial charge in [-0.2, -0.15) is 13.2 Å². The van der Waals surface area contributed by atoms with Crippen LogP contribution in [0.25, 0.3) is 0 Å². The molecule has 0 bridgehead atoms. The van der Waals surface area contributed by atoms with Crippen molar-refractivity contribution in [3.05, 3.63) is 46.0 Å². The van der Waals surface area contributed by atoms with E-state index in [4.69, 9.17) is 16.3 Å². The van der Waals surface area contributed by atoms with Gasteiger partial charge in [0.25, 0.3) is 5.91 Å². The summed E-state index contributed by atoms with van der Waals surface area (Å²) in [7, 11) is 1.29. The van der Waals surface area contributed by atoms with E-state index in [9.17, 15) is 22.8 Å². The molecule has 1 aromatic carbocycles. The number of hydrogen-bond acceptors (Lipinski definition) is 4. The van der Waals surface area contributed by atoms with Crippen molar-refractivity contribution in [1.29, 1.82) is 0 Å². The number of benzene rings is 1. The summed E-state index contributed by atoms with van der Waals surface area (Å²) in [5.74, 6) is -1.13. The van der Waals surface area contributed by atoms with E-state index in [0.717, 1.165) is 23.8 Å². The van der Waals surface area contributed by atoms with Crippen molar-refractivity contribution < 1.29 is 27.5 Å². The second-order valence-electron chi connectivity index (χ2n) is 6.70. The zero-order chi connectivity index (χ0) is 21.1. The number of esters is 1. The molecule has 1 N–H and O–H groups in total. The van der Waals surface area contributed by atoms with Crippen LogP contribution in [0.3, 0.4) is 0 Å². The largest absolute Gasteiger partial charge is 0.468 e. The first-order valence-corrected chi connectivity index (χ1v) is 9.05. The van der Waals surface area contributed by atoms with Gasteiger partial charge in [-0.3, -0.25) is 14.5 Å². The fraction of sp³-hybridized carbons (Fsp3) is 0.474. The molecule has 1 fully saturated rings. The molecular weight excluding hydrogens is 397 g/mol. The molecular formula is C19H22ClF3N2O3. The van der Waals surface area contributed by atoms with Crippen LogP contribution in [0.5, 0.6) is 0 Å². The fourth-order valence-electron chi connectivity index (χ4n) is 3.11. The van der Waals surface area contributed by atoms with Crippen molar-refractivity contribution in [2.45, 2.75) is 38.5 Å². The lowest BCUT2D eigenvalue weighted by Crippen LogP contribution is -2.39. The molecule has 5 nitrogen and oxygen atoms in total. The van der Waals surface area contributed by atoms with Crippen molar-refractivity contribution in [3.63, 3.8) is 0 Å². The smallest absolute Gasteiger partial charge is 0.416 e. The van der Waals surface area contributed by atoms with Crippen LogP contribution in [0, 0.1) is 0 Å². The summed E-state index contributed by atoms with van der Waals surface area (Å²) in [6.07, 6.45) is -2.36. The van der Waals surface area contributed by atoms with Crippen LogP contribution in [-0.4, -0.2) is 49.1 Å². The van der Waals surface area contributed by atoms with Crippen LogP contribution in [0.2, 0.25) is 5.02 Å². The SMILES string of the molecule is C/C=C(\C)CN1C[C@H](NC(=O)c2cc(C(F)(F)F)ccc2Cl)C[C@H]1C(=O)OC. The third kappa shape index (κ3) is 5.26.